The molecule has 4 nitrogen and oxygen atoms in total. The van der Waals surface area contributed by atoms with Crippen LogP contribution < -0.4 is 5.48 Å². The van der Waals surface area contributed by atoms with Crippen LogP contribution in [-0.4, -0.2) is 25.2 Å². The third-order valence-electron chi connectivity index (χ3n) is 2.57. The molecule has 4 heteroatoms. The highest BCUT2D eigenvalue weighted by atomic mass is 16.6. The summed E-state index contributed by atoms with van der Waals surface area (Å²) in [7, 11) is 0. The Balaban J connectivity index is 2.00. The highest BCUT2D eigenvalue weighted by Gasteiger charge is 2.15. The van der Waals surface area contributed by atoms with Gasteiger partial charge in [-0.2, -0.15) is 0 Å². The van der Waals surface area contributed by atoms with Crippen LogP contribution in [0, 0.1) is 5.92 Å². The number of hydrogen-bond acceptors (Lipinski definition) is 3. The molecule has 1 rings (SSSR count). The van der Waals surface area contributed by atoms with Gasteiger partial charge >= 0.3 is 0 Å². The number of ether oxygens (including phenoxy) is 1. The van der Waals surface area contributed by atoms with Crippen LogP contribution in [0.4, 0.5) is 0 Å². The summed E-state index contributed by atoms with van der Waals surface area (Å²) in [4.78, 5) is 16.4. The molecule has 0 bridgehead atoms. The van der Waals surface area contributed by atoms with Crippen molar-refractivity contribution in [1.29, 1.82) is 0 Å². The summed E-state index contributed by atoms with van der Waals surface area (Å²) in [6.45, 7) is 5.49. The fourth-order valence-electron chi connectivity index (χ4n) is 1.67. The Morgan fingerprint density at radius 2 is 2.31 bits per heavy atom. The Hall–Kier alpha value is -0.610. The number of hydroxylamine groups is 1. The monoisotopic (exact) mass is 229 g/mol. The van der Waals surface area contributed by atoms with Gasteiger partial charge in [-0.25, -0.2) is 5.48 Å². The number of carbonyl (C=O) groups is 1. The zero-order chi connectivity index (χ0) is 11.8. The fraction of sp³-hybridized carbons (Fsp3) is 0.917. The quantitative estimate of drug-likeness (QED) is 0.709. The molecule has 1 heterocycles. The molecule has 16 heavy (non-hydrogen) atoms. The van der Waals surface area contributed by atoms with Crippen molar-refractivity contribution in [3.05, 3.63) is 0 Å². The van der Waals surface area contributed by atoms with Crippen molar-refractivity contribution in [2.75, 3.05) is 13.2 Å². The van der Waals surface area contributed by atoms with Crippen molar-refractivity contribution in [1.82, 2.24) is 5.48 Å². The van der Waals surface area contributed by atoms with Crippen molar-refractivity contribution in [2.24, 2.45) is 5.92 Å². The molecule has 0 aromatic rings. The molecule has 1 fully saturated rings. The topological polar surface area (TPSA) is 47.6 Å². The first-order chi connectivity index (χ1) is 7.68. The first-order valence-corrected chi connectivity index (χ1v) is 6.20. The van der Waals surface area contributed by atoms with Gasteiger partial charge in [0.25, 0.3) is 0 Å². The molecule has 1 N–H and O–H groups in total. The lowest BCUT2D eigenvalue weighted by Gasteiger charge is -2.22. The second-order valence-corrected chi connectivity index (χ2v) is 4.76. The smallest absolute Gasteiger partial charge is 0.243 e. The fourth-order valence-corrected chi connectivity index (χ4v) is 1.67. The molecule has 0 saturated carbocycles. The van der Waals surface area contributed by atoms with E-state index in [1.54, 1.807) is 0 Å². The molecule has 0 aromatic heterocycles. The van der Waals surface area contributed by atoms with Crippen LogP contribution in [-0.2, 0) is 14.4 Å². The van der Waals surface area contributed by atoms with Crippen LogP contribution in [0.1, 0.15) is 46.0 Å². The molecule has 1 saturated heterocycles. The van der Waals surface area contributed by atoms with Crippen LogP contribution in [0.3, 0.4) is 0 Å². The first kappa shape index (κ1) is 13.5. The Morgan fingerprint density at radius 3 is 2.94 bits per heavy atom. The molecular weight excluding hydrogens is 206 g/mol. The van der Waals surface area contributed by atoms with Gasteiger partial charge in [-0.1, -0.05) is 13.8 Å². The number of hydrogen-bond donors (Lipinski definition) is 1. The lowest BCUT2D eigenvalue weighted by molar-refractivity contribution is -0.135. The van der Waals surface area contributed by atoms with Gasteiger partial charge in [0.05, 0.1) is 12.7 Å². The molecule has 1 aliphatic rings. The van der Waals surface area contributed by atoms with Crippen molar-refractivity contribution < 1.29 is 14.4 Å². The van der Waals surface area contributed by atoms with E-state index < -0.39 is 0 Å². The summed E-state index contributed by atoms with van der Waals surface area (Å²) in [5, 5.41) is 0. The molecule has 1 unspecified atom stereocenters. The van der Waals surface area contributed by atoms with E-state index in [0.29, 0.717) is 18.9 Å². The number of carbonyl (C=O) groups excluding carboxylic acids is 1. The Kier molecular flexibility index (Phi) is 6.42. The zero-order valence-electron chi connectivity index (χ0n) is 10.3. The minimum absolute atomic E-state index is 0.0465. The van der Waals surface area contributed by atoms with Crippen LogP contribution in [0.15, 0.2) is 0 Å². The average Bonchev–Trinajstić information content (AvgIpc) is 2.27. The van der Waals surface area contributed by atoms with Gasteiger partial charge in [0.2, 0.25) is 5.91 Å². The molecule has 0 radical (unpaired) electrons. The Bertz CT molecular complexity index is 200. The first-order valence-electron chi connectivity index (χ1n) is 6.20. The second-order valence-electron chi connectivity index (χ2n) is 4.76. The molecule has 1 aliphatic heterocycles. The van der Waals surface area contributed by atoms with Gasteiger partial charge in [-0.3, -0.25) is 9.63 Å². The van der Waals surface area contributed by atoms with Crippen LogP contribution in [0.25, 0.3) is 0 Å². The van der Waals surface area contributed by atoms with Gasteiger partial charge in [-0.05, 0) is 31.6 Å². The lowest BCUT2D eigenvalue weighted by Crippen LogP contribution is -2.27. The van der Waals surface area contributed by atoms with Crippen molar-refractivity contribution in [3.63, 3.8) is 0 Å². The maximum Gasteiger partial charge on any atom is 0.243 e. The number of nitrogens with one attached hydrogen (secondary N) is 1. The highest BCUT2D eigenvalue weighted by molar-refractivity contribution is 5.74. The predicted octanol–water partition coefficient (Wildman–Crippen LogP) is 2.04. The Morgan fingerprint density at radius 1 is 1.50 bits per heavy atom. The summed E-state index contributed by atoms with van der Waals surface area (Å²) in [6.07, 6.45) is 5.01. The van der Waals surface area contributed by atoms with E-state index in [0.717, 1.165) is 25.9 Å². The van der Waals surface area contributed by atoms with Crippen LogP contribution in [0.2, 0.25) is 0 Å². The standard InChI is InChI=1S/C12H23NO3/c1-10(2)9-16-13-12(14)7-6-11-5-3-4-8-15-11/h10-11H,3-9H2,1-2H3,(H,13,14). The molecule has 0 aliphatic carbocycles. The average molecular weight is 229 g/mol. The summed E-state index contributed by atoms with van der Waals surface area (Å²) < 4.78 is 5.55. The van der Waals surface area contributed by atoms with Gasteiger partial charge in [0, 0.05) is 13.0 Å². The van der Waals surface area contributed by atoms with E-state index in [2.05, 4.69) is 5.48 Å². The van der Waals surface area contributed by atoms with Crippen molar-refractivity contribution in [2.45, 2.75) is 52.1 Å². The molecule has 1 amide bonds. The summed E-state index contributed by atoms with van der Waals surface area (Å²) in [5.74, 6) is 0.386. The molecule has 0 spiro atoms. The van der Waals surface area contributed by atoms with Gasteiger partial charge in [0.1, 0.15) is 0 Å². The van der Waals surface area contributed by atoms with E-state index in [-0.39, 0.29) is 12.0 Å². The predicted molar refractivity (Wildman–Crippen MR) is 61.8 cm³/mol. The molecule has 0 aromatic carbocycles. The van der Waals surface area contributed by atoms with Gasteiger partial charge in [0.15, 0.2) is 0 Å². The van der Waals surface area contributed by atoms with E-state index >= 15 is 0 Å². The van der Waals surface area contributed by atoms with Crippen molar-refractivity contribution >= 4 is 5.91 Å². The molecular formula is C12H23NO3. The van der Waals surface area contributed by atoms with E-state index in [4.69, 9.17) is 9.57 Å². The largest absolute Gasteiger partial charge is 0.378 e. The van der Waals surface area contributed by atoms with Gasteiger partial charge in [-0.15, -0.1) is 0 Å². The third kappa shape index (κ3) is 6.08. The normalized spacial score (nSPS) is 21.1. The molecule has 1 atom stereocenters. The molecule has 94 valence electrons. The Labute approximate surface area is 97.6 Å². The lowest BCUT2D eigenvalue weighted by atomic mass is 10.0. The number of amides is 1. The summed E-state index contributed by atoms with van der Waals surface area (Å²) >= 11 is 0. The minimum Gasteiger partial charge on any atom is -0.378 e. The maximum absolute atomic E-state index is 11.4. The van der Waals surface area contributed by atoms with E-state index in [9.17, 15) is 4.79 Å². The summed E-state index contributed by atoms with van der Waals surface area (Å²) in [6, 6.07) is 0. The highest BCUT2D eigenvalue weighted by Crippen LogP contribution is 2.16. The van der Waals surface area contributed by atoms with Crippen LogP contribution >= 0.6 is 0 Å². The number of rotatable bonds is 6. The minimum atomic E-state index is -0.0465. The van der Waals surface area contributed by atoms with Gasteiger partial charge < -0.3 is 4.74 Å². The third-order valence-corrected chi connectivity index (χ3v) is 2.57. The van der Waals surface area contributed by atoms with E-state index in [1.165, 1.54) is 6.42 Å². The van der Waals surface area contributed by atoms with Crippen LogP contribution in [0.5, 0.6) is 0 Å². The zero-order valence-corrected chi connectivity index (χ0v) is 10.3. The van der Waals surface area contributed by atoms with E-state index in [1.807, 2.05) is 13.8 Å². The second kappa shape index (κ2) is 7.63. The SMILES string of the molecule is CC(C)CONC(=O)CCC1CCCCO1. The summed E-state index contributed by atoms with van der Waals surface area (Å²) in [5.41, 5.74) is 2.46. The maximum atomic E-state index is 11.4. The van der Waals surface area contributed by atoms with Crippen molar-refractivity contribution in [3.8, 4) is 0 Å².